The minimum atomic E-state index is -5.60. The van der Waals surface area contributed by atoms with Gasteiger partial charge in [0.25, 0.3) is 0 Å². The van der Waals surface area contributed by atoms with E-state index in [0.717, 1.165) is 0 Å². The molecule has 2 rings (SSSR count). The number of phenolic OH excluding ortho intramolecular Hbond substituents is 2. The Morgan fingerprint density at radius 1 is 0.625 bits per heavy atom. The summed E-state index contributed by atoms with van der Waals surface area (Å²) >= 11 is 0. The molecule has 0 heterocycles. The summed E-state index contributed by atoms with van der Waals surface area (Å²) in [7, 11) is 0. The van der Waals surface area contributed by atoms with Crippen LogP contribution in [0.1, 0.15) is 11.1 Å². The largest absolute Gasteiger partial charge is 0.505 e. The molecule has 0 unspecified atom stereocenters. The van der Waals surface area contributed by atoms with Crippen molar-refractivity contribution in [3.63, 3.8) is 0 Å². The Labute approximate surface area is 126 Å². The monoisotopic (exact) mass is 362 g/mol. The average Bonchev–Trinajstić information content (AvgIpc) is 2.41. The van der Waals surface area contributed by atoms with Crippen molar-refractivity contribution in [1.82, 2.24) is 0 Å². The summed E-state index contributed by atoms with van der Waals surface area (Å²) in [6.45, 7) is 0. The molecule has 2 aromatic rings. The third-order valence-electron chi connectivity index (χ3n) is 3.21. The summed E-state index contributed by atoms with van der Waals surface area (Å²) < 4.78 is 106. The lowest BCUT2D eigenvalue weighted by Crippen LogP contribution is -2.15. The first-order valence-electron chi connectivity index (χ1n) is 5.79. The fourth-order valence-electron chi connectivity index (χ4n) is 2.22. The molecule has 0 amide bonds. The van der Waals surface area contributed by atoms with Crippen LogP contribution in [-0.4, -0.2) is 10.2 Å². The number of fused-ring (bicyclic) bond motifs is 1. The number of rotatable bonds is 0. The number of hydrogen-bond acceptors (Lipinski definition) is 4. The molecule has 6 N–H and O–H groups in total. The summed E-state index contributed by atoms with van der Waals surface area (Å²) in [6, 6.07) is 0. The molecule has 0 bridgehead atoms. The van der Waals surface area contributed by atoms with Gasteiger partial charge in [0.2, 0.25) is 0 Å². The molecule has 24 heavy (non-hydrogen) atoms. The van der Waals surface area contributed by atoms with Crippen LogP contribution in [0.25, 0.3) is 10.8 Å². The Balaban J connectivity index is 3.34. The summed E-state index contributed by atoms with van der Waals surface area (Å²) in [6.07, 6.45) is -11.2. The van der Waals surface area contributed by atoms with Gasteiger partial charge in [-0.05, 0) is 0 Å². The van der Waals surface area contributed by atoms with Crippen molar-refractivity contribution in [2.24, 2.45) is 0 Å². The third-order valence-corrected chi connectivity index (χ3v) is 3.21. The zero-order chi connectivity index (χ0) is 18.8. The first-order chi connectivity index (χ1) is 10.7. The molecular weight excluding hydrogens is 356 g/mol. The van der Waals surface area contributed by atoms with Gasteiger partial charge in [-0.1, -0.05) is 0 Å². The summed E-state index contributed by atoms with van der Waals surface area (Å²) in [5, 5.41) is 14.7. The van der Waals surface area contributed by atoms with Crippen molar-refractivity contribution in [1.29, 1.82) is 0 Å². The molecule has 0 saturated carbocycles. The topological polar surface area (TPSA) is 92.5 Å². The highest BCUT2D eigenvalue weighted by atomic mass is 19.4. The Morgan fingerprint density at radius 3 is 1.08 bits per heavy atom. The van der Waals surface area contributed by atoms with Gasteiger partial charge in [-0.25, -0.2) is 8.78 Å². The van der Waals surface area contributed by atoms with E-state index in [1.807, 2.05) is 0 Å². The number of phenols is 2. The molecule has 2 aromatic carbocycles. The van der Waals surface area contributed by atoms with Crippen LogP contribution in [0.5, 0.6) is 11.5 Å². The second kappa shape index (κ2) is 4.92. The van der Waals surface area contributed by atoms with Crippen LogP contribution in [0, 0.1) is 11.6 Å². The zero-order valence-corrected chi connectivity index (χ0v) is 11.1. The lowest BCUT2D eigenvalue weighted by atomic mass is 9.94. The van der Waals surface area contributed by atoms with Gasteiger partial charge in [0.05, 0.1) is 0 Å². The predicted octanol–water partition coefficient (Wildman–Crippen LogP) is 3.73. The van der Waals surface area contributed by atoms with E-state index in [2.05, 4.69) is 0 Å². The number of alkyl halides is 6. The van der Waals surface area contributed by atoms with Crippen LogP contribution in [0.3, 0.4) is 0 Å². The maximum Gasteiger partial charge on any atom is 0.420 e. The Bertz CT molecular complexity index is 786. The number of anilines is 2. The van der Waals surface area contributed by atoms with E-state index in [-0.39, 0.29) is 0 Å². The van der Waals surface area contributed by atoms with E-state index in [1.54, 1.807) is 0 Å². The number of halogens is 8. The fraction of sp³-hybridized carbons (Fsp3) is 0.167. The van der Waals surface area contributed by atoms with E-state index in [0.29, 0.717) is 0 Å². The van der Waals surface area contributed by atoms with E-state index in [4.69, 9.17) is 11.5 Å². The van der Waals surface area contributed by atoms with E-state index in [1.165, 1.54) is 0 Å². The molecule has 0 spiro atoms. The van der Waals surface area contributed by atoms with Gasteiger partial charge in [-0.3, -0.25) is 0 Å². The minimum Gasteiger partial charge on any atom is -0.505 e. The number of hydrogen-bond donors (Lipinski definition) is 4. The third kappa shape index (κ3) is 2.29. The quantitative estimate of drug-likeness (QED) is 0.326. The lowest BCUT2D eigenvalue weighted by Gasteiger charge is -2.21. The van der Waals surface area contributed by atoms with Crippen molar-refractivity contribution in [2.45, 2.75) is 12.4 Å². The molecular formula is C12H6F8N2O2. The molecule has 132 valence electrons. The molecule has 0 radical (unpaired) electrons. The number of benzene rings is 2. The summed E-state index contributed by atoms with van der Waals surface area (Å²) in [5.74, 6) is -8.36. The number of nitrogen functional groups attached to an aromatic ring is 2. The van der Waals surface area contributed by atoms with Gasteiger partial charge in [0, 0.05) is 10.8 Å². The van der Waals surface area contributed by atoms with Gasteiger partial charge >= 0.3 is 12.4 Å². The smallest absolute Gasteiger partial charge is 0.420 e. The molecule has 0 aromatic heterocycles. The maximum absolute atomic E-state index is 14.0. The van der Waals surface area contributed by atoms with Crippen LogP contribution >= 0.6 is 0 Å². The van der Waals surface area contributed by atoms with Gasteiger partial charge in [-0.2, -0.15) is 26.3 Å². The van der Waals surface area contributed by atoms with Crippen molar-refractivity contribution >= 4 is 22.1 Å². The molecule has 0 atom stereocenters. The van der Waals surface area contributed by atoms with Crippen LogP contribution in [0.4, 0.5) is 46.5 Å². The van der Waals surface area contributed by atoms with Crippen molar-refractivity contribution in [3.8, 4) is 11.5 Å². The van der Waals surface area contributed by atoms with Crippen molar-refractivity contribution in [2.75, 3.05) is 11.5 Å². The first kappa shape index (κ1) is 17.7. The van der Waals surface area contributed by atoms with Crippen molar-refractivity contribution in [3.05, 3.63) is 22.8 Å². The van der Waals surface area contributed by atoms with Gasteiger partial charge in [0.15, 0.2) is 23.1 Å². The Kier molecular flexibility index (Phi) is 3.62. The predicted molar refractivity (Wildman–Crippen MR) is 66.0 cm³/mol. The second-order valence-corrected chi connectivity index (χ2v) is 4.65. The molecule has 12 heteroatoms. The lowest BCUT2D eigenvalue weighted by molar-refractivity contribution is -0.139. The normalized spacial score (nSPS) is 12.8. The number of nitrogens with two attached hydrogens (primary N) is 2. The van der Waals surface area contributed by atoms with Crippen LogP contribution in [-0.2, 0) is 12.4 Å². The highest BCUT2D eigenvalue weighted by molar-refractivity contribution is 6.00. The molecule has 4 nitrogen and oxygen atoms in total. The van der Waals surface area contributed by atoms with Gasteiger partial charge < -0.3 is 21.7 Å². The highest BCUT2D eigenvalue weighted by Gasteiger charge is 2.45. The highest BCUT2D eigenvalue weighted by Crippen LogP contribution is 2.53. The molecule has 0 aliphatic rings. The average molecular weight is 362 g/mol. The van der Waals surface area contributed by atoms with Gasteiger partial charge in [-0.15, -0.1) is 0 Å². The van der Waals surface area contributed by atoms with Crippen LogP contribution in [0.15, 0.2) is 0 Å². The minimum absolute atomic E-state index is 1.69. The first-order valence-corrected chi connectivity index (χ1v) is 5.79. The Hall–Kier alpha value is -2.66. The molecule has 0 aliphatic heterocycles. The molecule has 0 saturated heterocycles. The number of aromatic hydroxyl groups is 2. The molecule has 0 aliphatic carbocycles. The van der Waals surface area contributed by atoms with E-state index in [9.17, 15) is 45.3 Å². The van der Waals surface area contributed by atoms with Gasteiger partial charge in [0.1, 0.15) is 22.5 Å². The standard InChI is InChI=1S/C12H6F8N2O2/c13-5-1-2(4(12(18,19)20)10(24)7(5)21)6(14)8(22)9(23)3(1)11(15,16)17/h23-24H,21-22H2. The van der Waals surface area contributed by atoms with E-state index < -0.39 is 68.8 Å². The van der Waals surface area contributed by atoms with Crippen LogP contribution < -0.4 is 11.5 Å². The molecule has 0 fully saturated rings. The fourth-order valence-corrected chi connectivity index (χ4v) is 2.22. The van der Waals surface area contributed by atoms with Crippen LogP contribution in [0.2, 0.25) is 0 Å². The summed E-state index contributed by atoms with van der Waals surface area (Å²) in [4.78, 5) is 0. The van der Waals surface area contributed by atoms with Crippen molar-refractivity contribution < 1.29 is 45.3 Å². The summed E-state index contributed by atoms with van der Waals surface area (Å²) in [5.41, 5.74) is 1.67. The maximum atomic E-state index is 14.0. The SMILES string of the molecule is Nc1c(O)c(C(F)(F)F)c2c(F)c(N)c(O)c(C(F)(F)F)c2c1F. The zero-order valence-electron chi connectivity index (χ0n) is 11.1. The second-order valence-electron chi connectivity index (χ2n) is 4.65. The Morgan fingerprint density at radius 2 is 0.875 bits per heavy atom. The van der Waals surface area contributed by atoms with E-state index >= 15 is 0 Å².